The average molecular weight is 578 g/mol. The topological polar surface area (TPSA) is 113 Å². The Balaban J connectivity index is 0.000000169. The summed E-state index contributed by atoms with van der Waals surface area (Å²) in [5, 5.41) is 12.8. The lowest BCUT2D eigenvalue weighted by Gasteiger charge is -2.29. The maximum absolute atomic E-state index is 13.8. The van der Waals surface area contributed by atoms with Crippen LogP contribution in [0.4, 0.5) is 17.6 Å². The van der Waals surface area contributed by atoms with Crippen LogP contribution >= 0.6 is 0 Å². The van der Waals surface area contributed by atoms with Gasteiger partial charge in [-0.15, -0.1) is 0 Å². The van der Waals surface area contributed by atoms with Crippen LogP contribution in [0.25, 0.3) is 28.0 Å². The van der Waals surface area contributed by atoms with E-state index in [0.29, 0.717) is 28.6 Å². The van der Waals surface area contributed by atoms with Gasteiger partial charge in [-0.1, -0.05) is 0 Å². The number of nitrogens with zero attached hydrogens (tertiary/aromatic N) is 6. The number of aromatic nitrogens is 5. The lowest BCUT2D eigenvalue weighted by Crippen LogP contribution is -2.34. The predicted molar refractivity (Wildman–Crippen MR) is 145 cm³/mol. The minimum absolute atomic E-state index is 0.0386. The van der Waals surface area contributed by atoms with E-state index in [4.69, 9.17) is 5.26 Å². The summed E-state index contributed by atoms with van der Waals surface area (Å²) in [4.78, 5) is 31.9. The van der Waals surface area contributed by atoms with Crippen molar-refractivity contribution < 1.29 is 22.4 Å². The second-order valence-electron chi connectivity index (χ2n) is 9.74. The van der Waals surface area contributed by atoms with Crippen LogP contribution in [-0.4, -0.2) is 55.6 Å². The molecule has 9 nitrogen and oxygen atoms in total. The average Bonchev–Trinajstić information content (AvgIpc) is 3.57. The van der Waals surface area contributed by atoms with Crippen molar-refractivity contribution in [3.8, 4) is 23.0 Å². The van der Waals surface area contributed by atoms with E-state index in [1.807, 2.05) is 7.05 Å². The lowest BCUT2D eigenvalue weighted by molar-refractivity contribution is 0.111. The van der Waals surface area contributed by atoms with E-state index in [-0.39, 0.29) is 28.7 Å². The van der Waals surface area contributed by atoms with Gasteiger partial charge in [0.25, 0.3) is 0 Å². The fourth-order valence-corrected chi connectivity index (χ4v) is 4.89. The number of benzene rings is 2. The zero-order chi connectivity index (χ0) is 30.0. The number of aromatic amines is 1. The number of nitriles is 1. The van der Waals surface area contributed by atoms with Gasteiger partial charge in [-0.05, 0) is 57.2 Å². The zero-order valence-corrected chi connectivity index (χ0v) is 22.2. The molecule has 0 atom stereocenters. The summed E-state index contributed by atoms with van der Waals surface area (Å²) in [6.45, 7) is 1.84. The van der Waals surface area contributed by atoms with Crippen molar-refractivity contribution >= 4 is 17.3 Å². The molecule has 5 aromatic rings. The van der Waals surface area contributed by atoms with Crippen LogP contribution in [0.2, 0.25) is 0 Å². The Morgan fingerprint density at radius 2 is 1.76 bits per heavy atom. The molecular weight excluding hydrogens is 554 g/mol. The number of carbonyl (C=O) groups is 1. The first-order chi connectivity index (χ1) is 20.2. The van der Waals surface area contributed by atoms with Gasteiger partial charge in [0.2, 0.25) is 0 Å². The van der Waals surface area contributed by atoms with Crippen LogP contribution in [0.5, 0.6) is 0 Å². The fraction of sp³-hybridized carbons (Fsp3) is 0.207. The molecule has 0 amide bonds. The molecule has 1 N–H and O–H groups in total. The number of piperidine rings is 1. The zero-order valence-electron chi connectivity index (χ0n) is 22.2. The van der Waals surface area contributed by atoms with Gasteiger partial charge in [0.05, 0.1) is 28.0 Å². The highest BCUT2D eigenvalue weighted by Gasteiger charge is 2.23. The molecular formula is C29H23F4N7O2. The molecule has 42 heavy (non-hydrogen) atoms. The third-order valence-electron chi connectivity index (χ3n) is 7.00. The maximum atomic E-state index is 13.8. The molecule has 2 aromatic carbocycles. The Labute approximate surface area is 236 Å². The number of rotatable bonds is 4. The highest BCUT2D eigenvalue weighted by atomic mass is 19.2. The molecule has 1 fully saturated rings. The number of hydrogen-bond donors (Lipinski definition) is 1. The summed E-state index contributed by atoms with van der Waals surface area (Å²) in [5.74, 6) is -4.82. The van der Waals surface area contributed by atoms with Crippen molar-refractivity contribution in [2.75, 3.05) is 20.1 Å². The van der Waals surface area contributed by atoms with Gasteiger partial charge >= 0.3 is 5.69 Å². The minimum Gasteiger partial charge on any atom is -0.306 e. The molecule has 0 unspecified atom stereocenters. The Morgan fingerprint density at radius 3 is 2.38 bits per heavy atom. The summed E-state index contributed by atoms with van der Waals surface area (Å²) < 4.78 is 56.5. The largest absolute Gasteiger partial charge is 0.326 e. The van der Waals surface area contributed by atoms with Gasteiger partial charge in [-0.25, -0.2) is 27.0 Å². The molecule has 4 heterocycles. The molecule has 0 aliphatic carbocycles. The fourth-order valence-electron chi connectivity index (χ4n) is 4.89. The highest BCUT2D eigenvalue weighted by molar-refractivity contribution is 5.77. The number of fused-ring (bicyclic) bond motifs is 1. The van der Waals surface area contributed by atoms with E-state index >= 15 is 0 Å². The van der Waals surface area contributed by atoms with Crippen LogP contribution < -0.4 is 5.69 Å². The lowest BCUT2D eigenvalue weighted by atomic mass is 10.0. The number of nitrogens with one attached hydrogen (secondary N) is 1. The Bertz CT molecular complexity index is 1840. The highest BCUT2D eigenvalue weighted by Crippen LogP contribution is 2.26. The monoisotopic (exact) mass is 577 g/mol. The molecule has 1 aliphatic rings. The number of likely N-dealkylation sites (tertiary alicyclic amines) is 1. The van der Waals surface area contributed by atoms with Gasteiger partial charge in [-0.2, -0.15) is 10.4 Å². The smallest absolute Gasteiger partial charge is 0.306 e. The van der Waals surface area contributed by atoms with Crippen molar-refractivity contribution in [1.82, 2.24) is 29.2 Å². The molecule has 1 aliphatic heterocycles. The number of imidazole rings is 1. The van der Waals surface area contributed by atoms with Crippen molar-refractivity contribution in [2.24, 2.45) is 0 Å². The van der Waals surface area contributed by atoms with Crippen LogP contribution in [0, 0.1) is 34.6 Å². The number of hydrogen-bond acceptors (Lipinski definition) is 6. The summed E-state index contributed by atoms with van der Waals surface area (Å²) in [5.41, 5.74) is 1.81. The van der Waals surface area contributed by atoms with Crippen LogP contribution in [0.15, 0.2) is 59.7 Å². The SMILES string of the molecule is CN1CCC(n2c(=O)[nH]c3cc(C#N)c(F)cc32)CC1.O=Cc1cc(-c2cccnc2)n(-c2cc(F)c(F)c(F)c2)n1. The standard InChI is InChI=1S/C15H8F3N3O.C14H15FN4O/c16-12-5-11(6-13(17)15(12)18)21-14(4-10(8-22)20-21)9-2-1-3-19-7-9;1-18-4-2-10(3-5-18)19-13-7-11(15)9(8-16)6-12(13)17-14(19)20/h1-8H;6-7,10H,2-5H2,1H3,(H,17,20). The molecule has 1 saturated heterocycles. The molecule has 0 bridgehead atoms. The van der Waals surface area contributed by atoms with E-state index < -0.39 is 23.3 Å². The van der Waals surface area contributed by atoms with Crippen molar-refractivity contribution in [2.45, 2.75) is 18.9 Å². The third-order valence-corrected chi connectivity index (χ3v) is 7.00. The van der Waals surface area contributed by atoms with Gasteiger partial charge < -0.3 is 9.88 Å². The van der Waals surface area contributed by atoms with Crippen LogP contribution in [0.1, 0.15) is 34.9 Å². The van der Waals surface area contributed by atoms with Gasteiger partial charge in [0, 0.05) is 42.2 Å². The van der Waals surface area contributed by atoms with Gasteiger partial charge in [0.15, 0.2) is 23.7 Å². The molecule has 0 spiro atoms. The number of halogens is 4. The van der Waals surface area contributed by atoms with Crippen molar-refractivity contribution in [3.05, 3.63) is 99.9 Å². The number of aldehydes is 1. The number of pyridine rings is 1. The van der Waals surface area contributed by atoms with E-state index in [1.165, 1.54) is 24.4 Å². The molecule has 0 radical (unpaired) electrons. The maximum Gasteiger partial charge on any atom is 0.326 e. The molecule has 0 saturated carbocycles. The summed E-state index contributed by atoms with van der Waals surface area (Å²) >= 11 is 0. The van der Waals surface area contributed by atoms with E-state index in [9.17, 15) is 27.2 Å². The quantitative estimate of drug-likeness (QED) is 0.187. The van der Waals surface area contributed by atoms with Crippen LogP contribution in [-0.2, 0) is 0 Å². The first-order valence-electron chi connectivity index (χ1n) is 12.8. The Hall–Kier alpha value is -5.09. The summed E-state index contributed by atoms with van der Waals surface area (Å²) in [6, 6.07) is 11.0. The van der Waals surface area contributed by atoms with Gasteiger partial charge in [0.1, 0.15) is 17.6 Å². The second kappa shape index (κ2) is 11.8. The predicted octanol–water partition coefficient (Wildman–Crippen LogP) is 4.77. The first kappa shape index (κ1) is 28.4. The summed E-state index contributed by atoms with van der Waals surface area (Å²) in [6.07, 6.45) is 5.31. The Morgan fingerprint density at radius 1 is 1.05 bits per heavy atom. The first-order valence-corrected chi connectivity index (χ1v) is 12.8. The Kier molecular flexibility index (Phi) is 7.99. The van der Waals surface area contributed by atoms with E-state index in [0.717, 1.165) is 42.7 Å². The van der Waals surface area contributed by atoms with E-state index in [2.05, 4.69) is 20.0 Å². The van der Waals surface area contributed by atoms with Crippen molar-refractivity contribution in [1.29, 1.82) is 5.26 Å². The number of carbonyl (C=O) groups excluding carboxylic acids is 1. The van der Waals surface area contributed by atoms with Crippen LogP contribution in [0.3, 0.4) is 0 Å². The van der Waals surface area contributed by atoms with Crippen molar-refractivity contribution in [3.63, 3.8) is 0 Å². The third kappa shape index (κ3) is 5.57. The minimum atomic E-state index is -1.56. The number of H-pyrrole nitrogens is 1. The summed E-state index contributed by atoms with van der Waals surface area (Å²) in [7, 11) is 2.05. The van der Waals surface area contributed by atoms with Gasteiger partial charge in [-0.3, -0.25) is 14.3 Å². The normalized spacial score (nSPS) is 13.9. The molecule has 214 valence electrons. The molecule has 13 heteroatoms. The van der Waals surface area contributed by atoms with E-state index in [1.54, 1.807) is 29.0 Å². The molecule has 6 rings (SSSR count). The second-order valence-corrected chi connectivity index (χ2v) is 9.74. The molecule has 3 aromatic heterocycles.